The van der Waals surface area contributed by atoms with Crippen LogP contribution in [-0.4, -0.2) is 12.3 Å². The van der Waals surface area contributed by atoms with E-state index >= 15 is 0 Å². The van der Waals surface area contributed by atoms with Gasteiger partial charge in [-0.2, -0.15) is 0 Å². The zero-order valence-electron chi connectivity index (χ0n) is 19.8. The Morgan fingerprint density at radius 2 is 1.74 bits per heavy atom. The molecular weight excluding hydrogens is 380 g/mol. The molecule has 0 saturated heterocycles. The minimum absolute atomic E-state index is 0.131. The van der Waals surface area contributed by atoms with Crippen molar-refractivity contribution in [1.29, 1.82) is 5.41 Å². The summed E-state index contributed by atoms with van der Waals surface area (Å²) in [5.41, 5.74) is 6.15. The van der Waals surface area contributed by atoms with Crippen molar-refractivity contribution in [3.05, 3.63) is 70.9 Å². The van der Waals surface area contributed by atoms with E-state index in [1.807, 2.05) is 6.92 Å². The number of allylic oxidation sites excluding steroid dienone is 2. The largest absolute Gasteiger partial charge is 0.493 e. The molecule has 0 heterocycles. The normalized spacial score (nSPS) is 20.5. The fraction of sp³-hybridized carbons (Fsp3) is 0.464. The van der Waals surface area contributed by atoms with Gasteiger partial charge in [-0.3, -0.25) is 0 Å². The van der Waals surface area contributed by atoms with E-state index in [9.17, 15) is 0 Å². The van der Waals surface area contributed by atoms with Crippen molar-refractivity contribution in [3.63, 3.8) is 0 Å². The number of aryl methyl sites for hydroxylation is 1. The Hall–Kier alpha value is -2.55. The van der Waals surface area contributed by atoms with E-state index in [2.05, 4.69) is 81.5 Å². The fourth-order valence-electron chi connectivity index (χ4n) is 4.65. The molecule has 2 N–H and O–H groups in total. The van der Waals surface area contributed by atoms with Gasteiger partial charge in [0.25, 0.3) is 0 Å². The summed E-state index contributed by atoms with van der Waals surface area (Å²) in [5, 5.41) is 11.9. The van der Waals surface area contributed by atoms with Gasteiger partial charge in [0.05, 0.1) is 18.0 Å². The standard InChI is InChI=1S/C28H38N2O/c1-19-10-6-8-12-25(19)18-31-26-16-14-24(15-17-26)21(3)28(22(4)29)30-23(5)27-13-9-7-11-20(27)2/h7,9,11,13-17,19,23,25,29-30H,6,8,10,12,18H2,1-5H3/b28-21-,29-22?. The quantitative estimate of drug-likeness (QED) is 0.441. The van der Waals surface area contributed by atoms with Crippen molar-refractivity contribution in [2.24, 2.45) is 11.8 Å². The highest BCUT2D eigenvalue weighted by molar-refractivity contribution is 6.02. The van der Waals surface area contributed by atoms with E-state index in [0.717, 1.165) is 35.1 Å². The summed E-state index contributed by atoms with van der Waals surface area (Å²) >= 11 is 0. The van der Waals surface area contributed by atoms with E-state index in [1.165, 1.54) is 36.8 Å². The lowest BCUT2D eigenvalue weighted by molar-refractivity contribution is 0.159. The molecule has 0 spiro atoms. The maximum atomic E-state index is 8.34. The van der Waals surface area contributed by atoms with Crippen LogP contribution in [0.3, 0.4) is 0 Å². The smallest absolute Gasteiger partial charge is 0.119 e. The molecule has 3 rings (SSSR count). The van der Waals surface area contributed by atoms with Gasteiger partial charge in [0.15, 0.2) is 0 Å². The van der Waals surface area contributed by atoms with E-state index in [0.29, 0.717) is 11.6 Å². The maximum absolute atomic E-state index is 8.34. The second-order valence-electron chi connectivity index (χ2n) is 9.20. The minimum Gasteiger partial charge on any atom is -0.493 e. The molecule has 0 radical (unpaired) electrons. The van der Waals surface area contributed by atoms with Crippen molar-refractivity contribution >= 4 is 11.3 Å². The Morgan fingerprint density at radius 3 is 2.39 bits per heavy atom. The Kier molecular flexibility index (Phi) is 7.95. The molecule has 1 saturated carbocycles. The highest BCUT2D eigenvalue weighted by atomic mass is 16.5. The molecule has 3 atom stereocenters. The number of ether oxygens (including phenoxy) is 1. The van der Waals surface area contributed by atoms with Crippen molar-refractivity contribution in [1.82, 2.24) is 5.32 Å². The average molecular weight is 419 g/mol. The van der Waals surface area contributed by atoms with Gasteiger partial charge < -0.3 is 15.5 Å². The van der Waals surface area contributed by atoms with Gasteiger partial charge >= 0.3 is 0 Å². The summed E-state index contributed by atoms with van der Waals surface area (Å²) in [6.07, 6.45) is 5.31. The molecule has 2 aromatic rings. The Balaban J connectivity index is 1.71. The Morgan fingerprint density at radius 1 is 1.06 bits per heavy atom. The van der Waals surface area contributed by atoms with Crippen LogP contribution in [0.4, 0.5) is 0 Å². The summed E-state index contributed by atoms with van der Waals surface area (Å²) in [6.45, 7) is 11.4. The monoisotopic (exact) mass is 418 g/mol. The molecule has 166 valence electrons. The fourth-order valence-corrected chi connectivity index (χ4v) is 4.65. The van der Waals surface area contributed by atoms with Gasteiger partial charge in [0, 0.05) is 6.04 Å². The molecule has 3 heteroatoms. The second-order valence-corrected chi connectivity index (χ2v) is 9.20. The van der Waals surface area contributed by atoms with Gasteiger partial charge in [-0.25, -0.2) is 0 Å². The summed E-state index contributed by atoms with van der Waals surface area (Å²) in [7, 11) is 0. The number of hydrogen-bond acceptors (Lipinski definition) is 3. The number of rotatable bonds is 8. The topological polar surface area (TPSA) is 45.1 Å². The molecular formula is C28H38N2O. The van der Waals surface area contributed by atoms with E-state index in [1.54, 1.807) is 0 Å². The van der Waals surface area contributed by atoms with Crippen molar-refractivity contribution in [3.8, 4) is 5.75 Å². The number of nitrogens with one attached hydrogen (secondary N) is 2. The molecule has 0 bridgehead atoms. The first-order valence-corrected chi connectivity index (χ1v) is 11.7. The minimum atomic E-state index is 0.131. The number of hydrogen-bond donors (Lipinski definition) is 2. The predicted octanol–water partition coefficient (Wildman–Crippen LogP) is 7.32. The van der Waals surface area contributed by atoms with Crippen molar-refractivity contribution in [2.45, 2.75) is 66.3 Å². The van der Waals surface area contributed by atoms with Gasteiger partial charge in [-0.1, -0.05) is 62.6 Å². The van der Waals surface area contributed by atoms with Gasteiger partial charge in [-0.15, -0.1) is 0 Å². The third-order valence-corrected chi connectivity index (χ3v) is 6.81. The van der Waals surface area contributed by atoms with Crippen molar-refractivity contribution in [2.75, 3.05) is 6.61 Å². The first-order valence-electron chi connectivity index (χ1n) is 11.7. The van der Waals surface area contributed by atoms with E-state index < -0.39 is 0 Å². The maximum Gasteiger partial charge on any atom is 0.119 e. The van der Waals surface area contributed by atoms with Crippen LogP contribution in [0.15, 0.2) is 54.2 Å². The van der Waals surface area contributed by atoms with Crippen LogP contribution >= 0.6 is 0 Å². The molecule has 1 aliphatic carbocycles. The third-order valence-electron chi connectivity index (χ3n) is 6.81. The molecule has 1 fully saturated rings. The van der Waals surface area contributed by atoms with Crippen LogP contribution in [0.1, 0.15) is 76.1 Å². The molecule has 0 amide bonds. The molecule has 31 heavy (non-hydrogen) atoms. The molecule has 0 aromatic heterocycles. The zero-order chi connectivity index (χ0) is 22.4. The van der Waals surface area contributed by atoms with Crippen LogP contribution in [0, 0.1) is 24.2 Å². The second kappa shape index (κ2) is 10.7. The lowest BCUT2D eigenvalue weighted by Crippen LogP contribution is -2.24. The summed E-state index contributed by atoms with van der Waals surface area (Å²) in [5.74, 6) is 2.37. The van der Waals surface area contributed by atoms with Crippen LogP contribution < -0.4 is 10.1 Å². The lowest BCUT2D eigenvalue weighted by atomic mass is 9.81. The molecule has 0 aliphatic heterocycles. The van der Waals surface area contributed by atoms with Crippen LogP contribution in [-0.2, 0) is 0 Å². The zero-order valence-corrected chi connectivity index (χ0v) is 19.8. The van der Waals surface area contributed by atoms with Crippen LogP contribution in [0.25, 0.3) is 5.57 Å². The number of benzene rings is 2. The van der Waals surface area contributed by atoms with Crippen LogP contribution in [0.2, 0.25) is 0 Å². The highest BCUT2D eigenvalue weighted by Gasteiger charge is 2.21. The van der Waals surface area contributed by atoms with Crippen LogP contribution in [0.5, 0.6) is 5.75 Å². The Labute approximate surface area is 188 Å². The predicted molar refractivity (Wildman–Crippen MR) is 132 cm³/mol. The first kappa shape index (κ1) is 23.1. The Bertz CT molecular complexity index is 913. The molecule has 2 aromatic carbocycles. The van der Waals surface area contributed by atoms with Gasteiger partial charge in [0.2, 0.25) is 0 Å². The van der Waals surface area contributed by atoms with Gasteiger partial charge in [-0.05, 0) is 80.3 Å². The van der Waals surface area contributed by atoms with Crippen molar-refractivity contribution < 1.29 is 4.74 Å². The summed E-state index contributed by atoms with van der Waals surface area (Å²) in [4.78, 5) is 0. The summed E-state index contributed by atoms with van der Waals surface area (Å²) < 4.78 is 6.12. The lowest BCUT2D eigenvalue weighted by Gasteiger charge is -2.28. The van der Waals surface area contributed by atoms with E-state index in [-0.39, 0.29) is 6.04 Å². The molecule has 3 unspecified atom stereocenters. The molecule has 3 nitrogen and oxygen atoms in total. The van der Waals surface area contributed by atoms with Gasteiger partial charge in [0.1, 0.15) is 5.75 Å². The highest BCUT2D eigenvalue weighted by Crippen LogP contribution is 2.30. The van der Waals surface area contributed by atoms with E-state index in [4.69, 9.17) is 10.1 Å². The third kappa shape index (κ3) is 6.00. The molecule has 1 aliphatic rings. The average Bonchev–Trinajstić information content (AvgIpc) is 2.77. The first-order chi connectivity index (χ1) is 14.9. The summed E-state index contributed by atoms with van der Waals surface area (Å²) in [6, 6.07) is 16.9. The SMILES string of the molecule is CC(=N)/C(NC(C)c1ccccc1C)=C(\C)c1ccc(OCC2CCCCC2C)cc1.